The predicted molar refractivity (Wildman–Crippen MR) is 123 cm³/mol. The van der Waals surface area contributed by atoms with E-state index in [9.17, 15) is 5.26 Å². The van der Waals surface area contributed by atoms with Crippen molar-refractivity contribution in [2.45, 2.75) is 32.6 Å². The lowest BCUT2D eigenvalue weighted by Crippen LogP contribution is -2.41. The number of hydrogen-bond donors (Lipinski definition) is 0. The molecule has 0 N–H and O–H groups in total. The standard InChI is InChI=1S/C26H23FN6/c1-17-24(20-6-2-4-19(16-28)23(20)27)33-22(7-11-30-33)25(31-17)32-12-8-26(9-13-32)14-18-5-3-10-29-21(18)15-26/h2-7,10-11H,8-9,12-15H2,1H3. The zero-order valence-electron chi connectivity index (χ0n) is 18.4. The minimum Gasteiger partial charge on any atom is -0.355 e. The van der Waals surface area contributed by atoms with E-state index >= 15 is 4.39 Å². The first kappa shape index (κ1) is 19.9. The van der Waals surface area contributed by atoms with Crippen LogP contribution in [0.4, 0.5) is 10.2 Å². The largest absolute Gasteiger partial charge is 0.355 e. The van der Waals surface area contributed by atoms with E-state index in [1.54, 1.807) is 22.8 Å². The molecule has 6 rings (SSSR count). The van der Waals surface area contributed by atoms with Gasteiger partial charge in [-0.05, 0) is 67.9 Å². The highest BCUT2D eigenvalue weighted by Crippen LogP contribution is 2.45. The van der Waals surface area contributed by atoms with E-state index < -0.39 is 5.82 Å². The van der Waals surface area contributed by atoms with Gasteiger partial charge < -0.3 is 4.90 Å². The quantitative estimate of drug-likeness (QED) is 0.461. The van der Waals surface area contributed by atoms with Gasteiger partial charge in [0, 0.05) is 30.5 Å². The summed E-state index contributed by atoms with van der Waals surface area (Å²) in [5.74, 6) is 0.345. The summed E-state index contributed by atoms with van der Waals surface area (Å²) in [6.07, 6.45) is 7.95. The summed E-state index contributed by atoms with van der Waals surface area (Å²) in [4.78, 5) is 11.9. The molecule has 0 atom stereocenters. The molecular formula is C26H23FN6. The molecule has 7 heteroatoms. The fourth-order valence-corrected chi connectivity index (χ4v) is 5.58. The van der Waals surface area contributed by atoms with Gasteiger partial charge in [0.25, 0.3) is 0 Å². The lowest BCUT2D eigenvalue weighted by atomic mass is 9.76. The van der Waals surface area contributed by atoms with E-state index in [0.29, 0.717) is 22.4 Å². The van der Waals surface area contributed by atoms with Crippen molar-refractivity contribution >= 4 is 11.3 Å². The predicted octanol–water partition coefficient (Wildman–Crippen LogP) is 4.50. The first-order chi connectivity index (χ1) is 16.1. The Hall–Kier alpha value is -3.79. The van der Waals surface area contributed by atoms with Crippen molar-refractivity contribution in [1.82, 2.24) is 19.6 Å². The van der Waals surface area contributed by atoms with Crippen LogP contribution in [0.1, 0.15) is 35.4 Å². The summed E-state index contributed by atoms with van der Waals surface area (Å²) >= 11 is 0. The molecule has 1 fully saturated rings. The Kier molecular flexibility index (Phi) is 4.44. The summed E-state index contributed by atoms with van der Waals surface area (Å²) in [6.45, 7) is 3.71. The molecule has 0 unspecified atom stereocenters. The maximum Gasteiger partial charge on any atom is 0.155 e. The number of halogens is 1. The smallest absolute Gasteiger partial charge is 0.155 e. The molecule has 6 nitrogen and oxygen atoms in total. The van der Waals surface area contributed by atoms with Gasteiger partial charge in [0.15, 0.2) is 5.82 Å². The molecule has 0 saturated carbocycles. The van der Waals surface area contributed by atoms with E-state index in [1.165, 1.54) is 17.3 Å². The van der Waals surface area contributed by atoms with Gasteiger partial charge in [-0.3, -0.25) is 4.98 Å². The van der Waals surface area contributed by atoms with Crippen LogP contribution in [0.15, 0.2) is 48.8 Å². The van der Waals surface area contributed by atoms with Gasteiger partial charge in [0.05, 0.1) is 23.1 Å². The fraction of sp³-hybridized carbons (Fsp3) is 0.308. The van der Waals surface area contributed by atoms with Gasteiger partial charge >= 0.3 is 0 Å². The number of aromatic nitrogens is 4. The van der Waals surface area contributed by atoms with Gasteiger partial charge in [-0.1, -0.05) is 12.1 Å². The van der Waals surface area contributed by atoms with Crippen LogP contribution in [0.3, 0.4) is 0 Å². The Morgan fingerprint density at radius 2 is 1.91 bits per heavy atom. The third-order valence-corrected chi connectivity index (χ3v) is 7.29. The Bertz CT molecular complexity index is 1400. The third kappa shape index (κ3) is 3.09. The Morgan fingerprint density at radius 3 is 2.70 bits per heavy atom. The summed E-state index contributed by atoms with van der Waals surface area (Å²) in [7, 11) is 0. The van der Waals surface area contributed by atoms with E-state index in [2.05, 4.69) is 21.0 Å². The Balaban J connectivity index is 1.34. The molecule has 1 aliphatic heterocycles. The molecule has 3 aromatic heterocycles. The normalized spacial score (nSPS) is 16.8. The molecule has 0 amide bonds. The van der Waals surface area contributed by atoms with E-state index in [4.69, 9.17) is 4.98 Å². The number of nitriles is 1. The molecule has 0 bridgehead atoms. The zero-order valence-corrected chi connectivity index (χ0v) is 18.4. The SMILES string of the molecule is Cc1nc(N2CCC3(CC2)Cc2cccnc2C3)c2ccnn2c1-c1cccc(C#N)c1F. The Morgan fingerprint density at radius 1 is 1.06 bits per heavy atom. The second-order valence-corrected chi connectivity index (χ2v) is 9.23. The number of aryl methyl sites for hydroxylation is 1. The van der Waals surface area contributed by atoms with Crippen molar-refractivity contribution in [3.8, 4) is 17.3 Å². The van der Waals surface area contributed by atoms with Gasteiger partial charge in [0.2, 0.25) is 0 Å². The number of anilines is 1. The minimum absolute atomic E-state index is 0.0182. The first-order valence-electron chi connectivity index (χ1n) is 11.3. The zero-order chi connectivity index (χ0) is 22.6. The second kappa shape index (κ2) is 7.38. The monoisotopic (exact) mass is 438 g/mol. The average molecular weight is 439 g/mol. The van der Waals surface area contributed by atoms with Gasteiger partial charge in [-0.15, -0.1) is 0 Å². The average Bonchev–Trinajstić information content (AvgIpc) is 3.44. The fourth-order valence-electron chi connectivity index (χ4n) is 5.58. The van der Waals surface area contributed by atoms with Crippen LogP contribution in [-0.2, 0) is 12.8 Å². The van der Waals surface area contributed by atoms with Crippen LogP contribution in [-0.4, -0.2) is 32.7 Å². The van der Waals surface area contributed by atoms with E-state index in [-0.39, 0.29) is 5.56 Å². The molecule has 1 aliphatic carbocycles. The summed E-state index contributed by atoms with van der Waals surface area (Å²) < 4.78 is 16.8. The van der Waals surface area contributed by atoms with Crippen molar-refractivity contribution in [2.75, 3.05) is 18.0 Å². The van der Waals surface area contributed by atoms with Gasteiger partial charge in [-0.25, -0.2) is 13.9 Å². The highest BCUT2D eigenvalue weighted by molar-refractivity contribution is 5.76. The summed E-state index contributed by atoms with van der Waals surface area (Å²) in [6, 6.07) is 12.9. The summed E-state index contributed by atoms with van der Waals surface area (Å²) in [5, 5.41) is 13.8. The van der Waals surface area contributed by atoms with Crippen molar-refractivity contribution in [2.24, 2.45) is 5.41 Å². The maximum absolute atomic E-state index is 15.0. The number of rotatable bonds is 2. The molecular weight excluding hydrogens is 415 g/mol. The molecule has 4 aromatic rings. The number of fused-ring (bicyclic) bond motifs is 2. The number of hydrogen-bond acceptors (Lipinski definition) is 5. The van der Waals surface area contributed by atoms with Crippen LogP contribution >= 0.6 is 0 Å². The highest BCUT2D eigenvalue weighted by Gasteiger charge is 2.41. The molecule has 0 radical (unpaired) electrons. The number of benzene rings is 1. The van der Waals surface area contributed by atoms with Crippen LogP contribution in [0.5, 0.6) is 0 Å². The molecule has 1 spiro atoms. The minimum atomic E-state index is -0.538. The van der Waals surface area contributed by atoms with E-state index in [0.717, 1.165) is 50.1 Å². The number of pyridine rings is 1. The van der Waals surface area contributed by atoms with Gasteiger partial charge in [-0.2, -0.15) is 10.4 Å². The van der Waals surface area contributed by atoms with Gasteiger partial charge in [0.1, 0.15) is 17.4 Å². The number of piperidine rings is 1. The Labute approximate surface area is 191 Å². The van der Waals surface area contributed by atoms with Crippen LogP contribution < -0.4 is 4.90 Å². The van der Waals surface area contributed by atoms with Crippen LogP contribution in [0.2, 0.25) is 0 Å². The second-order valence-electron chi connectivity index (χ2n) is 9.23. The van der Waals surface area contributed by atoms with Crippen LogP contribution in [0.25, 0.3) is 16.8 Å². The molecule has 164 valence electrons. The van der Waals surface area contributed by atoms with Crippen molar-refractivity contribution < 1.29 is 4.39 Å². The van der Waals surface area contributed by atoms with Crippen LogP contribution in [0, 0.1) is 29.5 Å². The van der Waals surface area contributed by atoms with Crippen molar-refractivity contribution in [3.05, 3.63) is 77.1 Å². The summed E-state index contributed by atoms with van der Waals surface area (Å²) in [5.41, 5.74) is 5.42. The highest BCUT2D eigenvalue weighted by atomic mass is 19.1. The first-order valence-corrected chi connectivity index (χ1v) is 11.3. The van der Waals surface area contributed by atoms with E-state index in [1.807, 2.05) is 31.3 Å². The lowest BCUT2D eigenvalue weighted by molar-refractivity contribution is 0.231. The molecule has 33 heavy (non-hydrogen) atoms. The molecule has 4 heterocycles. The third-order valence-electron chi connectivity index (χ3n) is 7.29. The maximum atomic E-state index is 15.0. The molecule has 2 aliphatic rings. The molecule has 1 aromatic carbocycles. The van der Waals surface area contributed by atoms with Crippen molar-refractivity contribution in [1.29, 1.82) is 5.26 Å². The number of nitrogens with zero attached hydrogens (tertiary/aromatic N) is 6. The van der Waals surface area contributed by atoms with Crippen molar-refractivity contribution in [3.63, 3.8) is 0 Å². The lowest BCUT2D eigenvalue weighted by Gasteiger charge is -2.40. The topological polar surface area (TPSA) is 70.1 Å². The molecule has 1 saturated heterocycles.